The molecular formula is C20H16N2O2. The van der Waals surface area contributed by atoms with Crippen LogP contribution in [0.2, 0.25) is 0 Å². The summed E-state index contributed by atoms with van der Waals surface area (Å²) in [6, 6.07) is 16.2. The number of furan rings is 1. The highest BCUT2D eigenvalue weighted by atomic mass is 16.3. The number of hydrogen-bond acceptors (Lipinski definition) is 3. The van der Waals surface area contributed by atoms with Gasteiger partial charge in [0.15, 0.2) is 0 Å². The third-order valence-electron chi connectivity index (χ3n) is 4.91. The lowest BCUT2D eigenvalue weighted by atomic mass is 9.95. The number of aliphatic hydroxyl groups is 1. The number of fused-ring (bicyclic) bond motifs is 4. The van der Waals surface area contributed by atoms with Crippen LogP contribution < -0.4 is 0 Å². The van der Waals surface area contributed by atoms with Crippen molar-refractivity contribution < 1.29 is 9.52 Å². The summed E-state index contributed by atoms with van der Waals surface area (Å²) in [6.45, 7) is 0. The van der Waals surface area contributed by atoms with Crippen molar-refractivity contribution in [2.45, 2.75) is 18.6 Å². The van der Waals surface area contributed by atoms with Crippen LogP contribution in [0.3, 0.4) is 0 Å². The third-order valence-corrected chi connectivity index (χ3v) is 4.91. The second-order valence-corrected chi connectivity index (χ2v) is 6.26. The minimum atomic E-state index is -0.546. The predicted molar refractivity (Wildman–Crippen MR) is 91.6 cm³/mol. The van der Waals surface area contributed by atoms with Crippen LogP contribution in [0, 0.1) is 0 Å². The quantitative estimate of drug-likeness (QED) is 0.612. The van der Waals surface area contributed by atoms with E-state index < -0.39 is 6.10 Å². The van der Waals surface area contributed by atoms with Crippen LogP contribution in [-0.4, -0.2) is 14.7 Å². The van der Waals surface area contributed by atoms with Crippen LogP contribution >= 0.6 is 0 Å². The minimum Gasteiger partial charge on any atom is -0.464 e. The van der Waals surface area contributed by atoms with E-state index in [0.717, 1.165) is 22.2 Å². The Kier molecular flexibility index (Phi) is 2.87. The molecule has 3 heterocycles. The summed E-state index contributed by atoms with van der Waals surface area (Å²) in [4.78, 5) is 4.28. The highest BCUT2D eigenvalue weighted by Gasteiger charge is 2.30. The number of rotatable bonds is 3. The maximum absolute atomic E-state index is 10.8. The average Bonchev–Trinajstić information content (AvgIpc) is 3.31. The standard InChI is InChI=1S/C20H16N2O2/c23-19(13-5-6-20-14(9-13)7-8-24-20)10-17-15-3-1-2-4-16(15)18-11-21-12-22(17)18/h1-9,11-12,17,19,23H,10H2/t17-,19-/m0/s1. The fourth-order valence-electron chi connectivity index (χ4n) is 3.71. The molecule has 1 aliphatic rings. The Morgan fingerprint density at radius 1 is 1.17 bits per heavy atom. The van der Waals surface area contributed by atoms with Gasteiger partial charge >= 0.3 is 0 Å². The third kappa shape index (κ3) is 1.93. The number of aromatic nitrogens is 2. The summed E-state index contributed by atoms with van der Waals surface area (Å²) in [6.07, 6.45) is 5.49. The Bertz CT molecular complexity index is 1030. The highest BCUT2D eigenvalue weighted by molar-refractivity contribution is 5.77. The molecule has 0 saturated carbocycles. The molecule has 118 valence electrons. The van der Waals surface area contributed by atoms with Crippen LogP contribution in [0.1, 0.15) is 29.7 Å². The molecule has 0 amide bonds. The van der Waals surface area contributed by atoms with Crippen LogP contribution in [0.15, 0.2) is 71.7 Å². The molecule has 0 unspecified atom stereocenters. The second kappa shape index (κ2) is 5.08. The summed E-state index contributed by atoms with van der Waals surface area (Å²) in [7, 11) is 0. The Balaban J connectivity index is 1.51. The first kappa shape index (κ1) is 13.6. The van der Waals surface area contributed by atoms with Crippen LogP contribution in [0.4, 0.5) is 0 Å². The van der Waals surface area contributed by atoms with E-state index in [1.54, 1.807) is 6.26 Å². The number of aliphatic hydroxyl groups excluding tert-OH is 1. The van der Waals surface area contributed by atoms with Crippen molar-refractivity contribution >= 4 is 11.0 Å². The minimum absolute atomic E-state index is 0.105. The van der Waals surface area contributed by atoms with Crippen molar-refractivity contribution in [1.82, 2.24) is 9.55 Å². The lowest BCUT2D eigenvalue weighted by molar-refractivity contribution is 0.154. The molecule has 1 N–H and O–H groups in total. The monoisotopic (exact) mass is 316 g/mol. The van der Waals surface area contributed by atoms with Gasteiger partial charge in [-0.3, -0.25) is 0 Å². The largest absolute Gasteiger partial charge is 0.464 e. The maximum atomic E-state index is 10.8. The van der Waals surface area contributed by atoms with E-state index in [1.165, 1.54) is 11.1 Å². The van der Waals surface area contributed by atoms with Gasteiger partial charge in [0, 0.05) is 17.4 Å². The molecule has 4 heteroatoms. The molecule has 2 aromatic heterocycles. The highest BCUT2D eigenvalue weighted by Crippen LogP contribution is 2.43. The summed E-state index contributed by atoms with van der Waals surface area (Å²) >= 11 is 0. The van der Waals surface area contributed by atoms with E-state index in [-0.39, 0.29) is 6.04 Å². The summed E-state index contributed by atoms with van der Waals surface area (Å²) in [5, 5.41) is 11.8. The fourth-order valence-corrected chi connectivity index (χ4v) is 3.71. The van der Waals surface area contributed by atoms with Crippen molar-refractivity contribution in [3.05, 3.63) is 78.4 Å². The first-order chi connectivity index (χ1) is 11.8. The zero-order valence-corrected chi connectivity index (χ0v) is 13.0. The van der Waals surface area contributed by atoms with Crippen molar-refractivity contribution in [2.75, 3.05) is 0 Å². The first-order valence-corrected chi connectivity index (χ1v) is 8.07. The molecule has 0 spiro atoms. The van der Waals surface area contributed by atoms with E-state index >= 15 is 0 Å². The molecule has 2 aromatic carbocycles. The van der Waals surface area contributed by atoms with Crippen molar-refractivity contribution in [3.8, 4) is 11.3 Å². The van der Waals surface area contributed by atoms with Gasteiger partial charge in [-0.25, -0.2) is 4.98 Å². The van der Waals surface area contributed by atoms with Gasteiger partial charge < -0.3 is 14.1 Å². The molecule has 0 fully saturated rings. The van der Waals surface area contributed by atoms with Crippen LogP contribution in [-0.2, 0) is 0 Å². The molecule has 0 bridgehead atoms. The van der Waals surface area contributed by atoms with Crippen molar-refractivity contribution in [1.29, 1.82) is 0 Å². The number of hydrogen-bond donors (Lipinski definition) is 1. The maximum Gasteiger partial charge on any atom is 0.133 e. The lowest BCUT2D eigenvalue weighted by Gasteiger charge is -2.19. The Morgan fingerprint density at radius 2 is 2.08 bits per heavy atom. The summed E-state index contributed by atoms with van der Waals surface area (Å²) in [5.41, 5.74) is 5.33. The molecule has 5 rings (SSSR count). The lowest BCUT2D eigenvalue weighted by Crippen LogP contribution is -2.10. The molecular weight excluding hydrogens is 300 g/mol. The Morgan fingerprint density at radius 3 is 3.04 bits per heavy atom. The average molecular weight is 316 g/mol. The van der Waals surface area contributed by atoms with Gasteiger partial charge in [0.2, 0.25) is 0 Å². The van der Waals surface area contributed by atoms with E-state index in [9.17, 15) is 5.11 Å². The van der Waals surface area contributed by atoms with Gasteiger partial charge in [0.25, 0.3) is 0 Å². The zero-order valence-electron chi connectivity index (χ0n) is 13.0. The number of nitrogens with zero attached hydrogens (tertiary/aromatic N) is 2. The van der Waals surface area contributed by atoms with Gasteiger partial charge in [-0.1, -0.05) is 30.3 Å². The molecule has 4 aromatic rings. The van der Waals surface area contributed by atoms with E-state index in [4.69, 9.17) is 4.42 Å². The second-order valence-electron chi connectivity index (χ2n) is 6.26. The normalized spacial score (nSPS) is 17.0. The van der Waals surface area contributed by atoms with E-state index in [1.807, 2.05) is 42.9 Å². The Labute approximate surface area is 139 Å². The van der Waals surface area contributed by atoms with Crippen LogP contribution in [0.5, 0.6) is 0 Å². The van der Waals surface area contributed by atoms with Gasteiger partial charge in [0.1, 0.15) is 5.58 Å². The molecule has 24 heavy (non-hydrogen) atoms. The molecule has 0 aliphatic carbocycles. The van der Waals surface area contributed by atoms with Crippen molar-refractivity contribution in [2.24, 2.45) is 0 Å². The molecule has 1 aliphatic heterocycles. The smallest absolute Gasteiger partial charge is 0.133 e. The van der Waals surface area contributed by atoms with Gasteiger partial charge in [-0.15, -0.1) is 0 Å². The molecule has 0 saturated heterocycles. The summed E-state index contributed by atoms with van der Waals surface area (Å²) in [5.74, 6) is 0. The van der Waals surface area contributed by atoms with E-state index in [0.29, 0.717) is 6.42 Å². The van der Waals surface area contributed by atoms with Crippen molar-refractivity contribution in [3.63, 3.8) is 0 Å². The molecule has 2 atom stereocenters. The number of imidazole rings is 1. The fraction of sp³-hybridized carbons (Fsp3) is 0.150. The van der Waals surface area contributed by atoms with Gasteiger partial charge in [-0.2, -0.15) is 0 Å². The Hall–Kier alpha value is -2.85. The molecule has 4 nitrogen and oxygen atoms in total. The first-order valence-electron chi connectivity index (χ1n) is 8.07. The topological polar surface area (TPSA) is 51.2 Å². The van der Waals surface area contributed by atoms with Crippen LogP contribution in [0.25, 0.3) is 22.2 Å². The predicted octanol–water partition coefficient (Wildman–Crippen LogP) is 4.32. The number of benzene rings is 2. The zero-order chi connectivity index (χ0) is 16.1. The summed E-state index contributed by atoms with van der Waals surface area (Å²) < 4.78 is 7.53. The molecule has 0 radical (unpaired) electrons. The SMILES string of the molecule is O[C@@H](C[C@H]1c2ccccc2-c2cncn21)c1ccc2occc2c1. The van der Waals surface area contributed by atoms with Gasteiger partial charge in [0.05, 0.1) is 36.6 Å². The van der Waals surface area contributed by atoms with Gasteiger partial charge in [-0.05, 0) is 29.3 Å². The van der Waals surface area contributed by atoms with E-state index in [2.05, 4.69) is 27.8 Å².